The first-order chi connectivity index (χ1) is 8.85. The monoisotopic (exact) mass is 272 g/mol. The maximum absolute atomic E-state index is 11.9. The van der Waals surface area contributed by atoms with Gasteiger partial charge in [0.2, 0.25) is 0 Å². The van der Waals surface area contributed by atoms with Crippen LogP contribution in [0.15, 0.2) is 0 Å². The van der Waals surface area contributed by atoms with E-state index in [9.17, 15) is 9.90 Å². The highest BCUT2D eigenvalue weighted by atomic mass is 16.6. The zero-order chi connectivity index (χ0) is 14.5. The maximum atomic E-state index is 11.9. The summed E-state index contributed by atoms with van der Waals surface area (Å²) in [5.74, 6) is 0. The summed E-state index contributed by atoms with van der Waals surface area (Å²) < 4.78 is 5.36. The molecule has 112 valence electrons. The molecule has 5 nitrogen and oxygen atoms in total. The molecule has 5 heteroatoms. The van der Waals surface area contributed by atoms with E-state index in [2.05, 4.69) is 12.2 Å². The molecular formula is C14H28N2O3. The molecule has 2 N–H and O–H groups in total. The molecule has 1 rings (SSSR count). The highest BCUT2D eigenvalue weighted by Crippen LogP contribution is 2.16. The second-order valence-corrected chi connectivity index (χ2v) is 6.20. The van der Waals surface area contributed by atoms with Gasteiger partial charge in [0.25, 0.3) is 0 Å². The Morgan fingerprint density at radius 1 is 1.42 bits per heavy atom. The number of carbonyl (C=O) groups excluding carboxylic acids is 1. The summed E-state index contributed by atoms with van der Waals surface area (Å²) >= 11 is 0. The Balaban J connectivity index is 2.34. The first kappa shape index (κ1) is 16.2. The smallest absolute Gasteiger partial charge is 0.410 e. The van der Waals surface area contributed by atoms with Gasteiger partial charge < -0.3 is 20.1 Å². The molecule has 0 saturated carbocycles. The van der Waals surface area contributed by atoms with E-state index in [1.165, 1.54) is 0 Å². The Labute approximate surface area is 116 Å². The summed E-state index contributed by atoms with van der Waals surface area (Å²) in [7, 11) is 0. The lowest BCUT2D eigenvalue weighted by Crippen LogP contribution is -2.49. The summed E-state index contributed by atoms with van der Waals surface area (Å²) in [5, 5.41) is 12.6. The van der Waals surface area contributed by atoms with Gasteiger partial charge in [-0.3, -0.25) is 0 Å². The third-order valence-corrected chi connectivity index (χ3v) is 3.33. The average Bonchev–Trinajstić information content (AvgIpc) is 2.34. The van der Waals surface area contributed by atoms with E-state index in [0.29, 0.717) is 19.1 Å². The molecule has 1 fully saturated rings. The van der Waals surface area contributed by atoms with Gasteiger partial charge in [-0.2, -0.15) is 0 Å². The van der Waals surface area contributed by atoms with E-state index >= 15 is 0 Å². The number of amides is 1. The first-order valence-corrected chi connectivity index (χ1v) is 7.20. The Kier molecular flexibility index (Phi) is 6.07. The summed E-state index contributed by atoms with van der Waals surface area (Å²) in [4.78, 5) is 13.7. The van der Waals surface area contributed by atoms with Crippen LogP contribution in [0.1, 0.15) is 47.0 Å². The molecule has 1 amide bonds. The van der Waals surface area contributed by atoms with Crippen LogP contribution in [-0.2, 0) is 4.74 Å². The Bertz CT molecular complexity index is 277. The number of hydrogen-bond acceptors (Lipinski definition) is 4. The molecule has 0 spiro atoms. The molecule has 1 atom stereocenters. The van der Waals surface area contributed by atoms with E-state index in [1.807, 2.05) is 20.8 Å². The maximum Gasteiger partial charge on any atom is 0.410 e. The summed E-state index contributed by atoms with van der Waals surface area (Å²) in [6, 6.07) is 0.550. The van der Waals surface area contributed by atoms with E-state index in [4.69, 9.17) is 4.74 Å². The van der Waals surface area contributed by atoms with E-state index in [0.717, 1.165) is 19.3 Å². The molecule has 0 aromatic heterocycles. The lowest BCUT2D eigenvalue weighted by molar-refractivity contribution is 0.0193. The van der Waals surface area contributed by atoms with Crippen molar-refractivity contribution >= 4 is 6.09 Å². The minimum atomic E-state index is -0.434. The number of rotatable bonds is 4. The van der Waals surface area contributed by atoms with Crippen molar-refractivity contribution in [1.82, 2.24) is 10.2 Å². The van der Waals surface area contributed by atoms with Crippen molar-refractivity contribution < 1.29 is 14.6 Å². The van der Waals surface area contributed by atoms with Gasteiger partial charge in [-0.05, 0) is 40.0 Å². The molecule has 0 aliphatic carbocycles. The average molecular weight is 272 g/mol. The molecule has 19 heavy (non-hydrogen) atoms. The summed E-state index contributed by atoms with van der Waals surface area (Å²) in [6.45, 7) is 9.31. The third-order valence-electron chi connectivity index (χ3n) is 3.33. The van der Waals surface area contributed by atoms with Gasteiger partial charge in [0.15, 0.2) is 0 Å². The Morgan fingerprint density at radius 3 is 2.42 bits per heavy atom. The van der Waals surface area contributed by atoms with Crippen molar-refractivity contribution in [1.29, 1.82) is 0 Å². The molecule has 0 aromatic carbocycles. The molecule has 0 bridgehead atoms. The van der Waals surface area contributed by atoms with Crippen LogP contribution in [0.25, 0.3) is 0 Å². The zero-order valence-corrected chi connectivity index (χ0v) is 12.6. The van der Waals surface area contributed by atoms with Gasteiger partial charge in [-0.15, -0.1) is 0 Å². The number of nitrogens with one attached hydrogen (secondary N) is 1. The predicted molar refractivity (Wildman–Crippen MR) is 75.1 cm³/mol. The van der Waals surface area contributed by atoms with Crippen molar-refractivity contribution in [3.05, 3.63) is 0 Å². The van der Waals surface area contributed by atoms with Gasteiger partial charge in [0, 0.05) is 25.2 Å². The second-order valence-electron chi connectivity index (χ2n) is 6.20. The molecule has 0 aromatic rings. The van der Waals surface area contributed by atoms with Crippen LogP contribution in [0.5, 0.6) is 0 Å². The van der Waals surface area contributed by atoms with Crippen LogP contribution in [0.3, 0.4) is 0 Å². The number of likely N-dealkylation sites (tertiary alicyclic amines) is 1. The largest absolute Gasteiger partial charge is 0.444 e. The Hall–Kier alpha value is -0.810. The number of piperidine rings is 1. The lowest BCUT2D eigenvalue weighted by Gasteiger charge is -2.35. The van der Waals surface area contributed by atoms with Gasteiger partial charge in [0.1, 0.15) is 5.60 Å². The minimum absolute atomic E-state index is 0.165. The molecule has 1 aliphatic heterocycles. The van der Waals surface area contributed by atoms with Crippen LogP contribution >= 0.6 is 0 Å². The van der Waals surface area contributed by atoms with Gasteiger partial charge >= 0.3 is 6.09 Å². The summed E-state index contributed by atoms with van der Waals surface area (Å²) in [5.41, 5.74) is -0.434. The quantitative estimate of drug-likeness (QED) is 0.818. The standard InChI is InChI=1S/C14H28N2O3/c1-5-11(10-17)15-12-6-8-16(9-7-12)13(18)19-14(2,3)4/h11-12,15,17H,5-10H2,1-4H3/t11-/m1/s1. The van der Waals surface area contributed by atoms with Crippen molar-refractivity contribution in [2.45, 2.75) is 64.6 Å². The highest BCUT2D eigenvalue weighted by Gasteiger charge is 2.27. The fraction of sp³-hybridized carbons (Fsp3) is 0.929. The molecule has 1 saturated heterocycles. The number of aliphatic hydroxyl groups excluding tert-OH is 1. The second kappa shape index (κ2) is 7.10. The van der Waals surface area contributed by atoms with Crippen molar-refractivity contribution in [2.75, 3.05) is 19.7 Å². The third kappa shape index (κ3) is 5.78. The Morgan fingerprint density at radius 2 is 2.00 bits per heavy atom. The number of hydrogen-bond donors (Lipinski definition) is 2. The van der Waals surface area contributed by atoms with Gasteiger partial charge in [-0.25, -0.2) is 4.79 Å². The predicted octanol–water partition coefficient (Wildman–Crippen LogP) is 1.75. The first-order valence-electron chi connectivity index (χ1n) is 7.20. The van der Waals surface area contributed by atoms with Crippen molar-refractivity contribution in [3.63, 3.8) is 0 Å². The van der Waals surface area contributed by atoms with Crippen LogP contribution in [0.4, 0.5) is 4.79 Å². The molecule has 1 heterocycles. The van der Waals surface area contributed by atoms with E-state index in [-0.39, 0.29) is 18.7 Å². The molecular weight excluding hydrogens is 244 g/mol. The van der Waals surface area contributed by atoms with E-state index < -0.39 is 5.60 Å². The number of ether oxygens (including phenoxy) is 1. The number of nitrogens with zero attached hydrogens (tertiary/aromatic N) is 1. The highest BCUT2D eigenvalue weighted by molar-refractivity contribution is 5.68. The van der Waals surface area contributed by atoms with Crippen molar-refractivity contribution in [2.24, 2.45) is 0 Å². The zero-order valence-electron chi connectivity index (χ0n) is 12.6. The fourth-order valence-corrected chi connectivity index (χ4v) is 2.19. The van der Waals surface area contributed by atoms with Crippen molar-refractivity contribution in [3.8, 4) is 0 Å². The van der Waals surface area contributed by atoms with Gasteiger partial charge in [0.05, 0.1) is 6.61 Å². The van der Waals surface area contributed by atoms with Crippen LogP contribution in [-0.4, -0.2) is 53.5 Å². The molecule has 0 unspecified atom stereocenters. The molecule has 0 radical (unpaired) electrons. The van der Waals surface area contributed by atoms with Crippen LogP contribution < -0.4 is 5.32 Å². The number of carbonyl (C=O) groups is 1. The lowest BCUT2D eigenvalue weighted by atomic mass is 10.0. The van der Waals surface area contributed by atoms with Crippen LogP contribution in [0.2, 0.25) is 0 Å². The van der Waals surface area contributed by atoms with E-state index in [1.54, 1.807) is 4.90 Å². The van der Waals surface area contributed by atoms with Crippen LogP contribution in [0, 0.1) is 0 Å². The molecule has 1 aliphatic rings. The fourth-order valence-electron chi connectivity index (χ4n) is 2.19. The SMILES string of the molecule is CC[C@H](CO)NC1CCN(C(=O)OC(C)(C)C)CC1. The minimum Gasteiger partial charge on any atom is -0.444 e. The summed E-state index contributed by atoms with van der Waals surface area (Å²) in [6.07, 6.45) is 2.52. The number of aliphatic hydroxyl groups is 1. The topological polar surface area (TPSA) is 61.8 Å². The van der Waals surface area contributed by atoms with Gasteiger partial charge in [-0.1, -0.05) is 6.92 Å². The normalized spacial score (nSPS) is 19.3.